The normalized spacial score (nSPS) is 10.5. The minimum absolute atomic E-state index is 0.169. The minimum Gasteiger partial charge on any atom is -0.507 e. The van der Waals surface area contributed by atoms with Gasteiger partial charge in [-0.25, -0.2) is 0 Å². The lowest BCUT2D eigenvalue weighted by atomic mass is 10.1. The zero-order chi connectivity index (χ0) is 10.8. The molecule has 0 aliphatic carbocycles. The Labute approximate surface area is 91.1 Å². The van der Waals surface area contributed by atoms with Gasteiger partial charge in [0.2, 0.25) is 5.88 Å². The van der Waals surface area contributed by atoms with E-state index >= 15 is 0 Å². The summed E-state index contributed by atoms with van der Waals surface area (Å²) in [6.07, 6.45) is 3.46. The molecule has 0 saturated carbocycles. The van der Waals surface area contributed by atoms with E-state index in [2.05, 4.69) is 5.16 Å². The van der Waals surface area contributed by atoms with E-state index in [1.165, 1.54) is 6.20 Å². The van der Waals surface area contributed by atoms with Gasteiger partial charge in [0.1, 0.15) is 5.75 Å². The molecule has 2 aromatic rings. The largest absolute Gasteiger partial charge is 0.507 e. The fraction of sp³-hybridized carbons (Fsp3) is 0.100. The molecule has 0 aliphatic rings. The lowest BCUT2D eigenvalue weighted by Crippen LogP contribution is -1.85. The fourth-order valence-electron chi connectivity index (χ4n) is 1.31. The Morgan fingerprint density at radius 1 is 1.40 bits per heavy atom. The zero-order valence-corrected chi connectivity index (χ0v) is 8.91. The second-order valence-corrected chi connectivity index (χ2v) is 3.87. The first-order valence-corrected chi connectivity index (χ1v) is 5.52. The summed E-state index contributed by atoms with van der Waals surface area (Å²) in [5.74, 6) is 0.381. The number of hydrogen-bond donors (Lipinski definition) is 2. The highest BCUT2D eigenvalue weighted by atomic mass is 32.2. The van der Waals surface area contributed by atoms with E-state index in [0.29, 0.717) is 11.1 Å². The van der Waals surface area contributed by atoms with Crippen LogP contribution in [0.1, 0.15) is 0 Å². The number of aromatic nitrogens is 1. The Morgan fingerprint density at radius 3 is 2.80 bits per heavy atom. The number of thioether (sulfide) groups is 1. The third kappa shape index (κ3) is 1.78. The summed E-state index contributed by atoms with van der Waals surface area (Å²) in [4.78, 5) is 1.04. The summed E-state index contributed by atoms with van der Waals surface area (Å²) in [6.45, 7) is 0. The molecule has 1 heterocycles. The molecule has 0 fully saturated rings. The number of benzene rings is 1. The molecule has 0 saturated heterocycles. The van der Waals surface area contributed by atoms with Crippen molar-refractivity contribution in [2.24, 2.45) is 0 Å². The average molecular weight is 222 g/mol. The maximum atomic E-state index is 9.69. The first-order valence-electron chi connectivity index (χ1n) is 4.30. The molecule has 15 heavy (non-hydrogen) atoms. The van der Waals surface area contributed by atoms with E-state index in [9.17, 15) is 5.11 Å². The molecule has 3 N–H and O–H groups in total. The average Bonchev–Trinajstić information content (AvgIpc) is 2.65. The number of nitrogens with zero attached hydrogens (tertiary/aromatic N) is 1. The van der Waals surface area contributed by atoms with Gasteiger partial charge >= 0.3 is 0 Å². The molecule has 0 radical (unpaired) electrons. The maximum Gasteiger partial charge on any atom is 0.230 e. The lowest BCUT2D eigenvalue weighted by Gasteiger charge is -2.04. The standard InChI is InChI=1S/C10H10N2O2S/c1-15-6-2-3-9(13)7(4-6)8-5-12-14-10(8)11/h2-5,13H,11H2,1H3. The topological polar surface area (TPSA) is 72.3 Å². The molecule has 4 nitrogen and oxygen atoms in total. The molecular weight excluding hydrogens is 212 g/mol. The van der Waals surface area contributed by atoms with Crippen LogP contribution in [0.15, 0.2) is 33.8 Å². The molecule has 0 atom stereocenters. The third-order valence-electron chi connectivity index (χ3n) is 2.09. The van der Waals surface area contributed by atoms with Gasteiger partial charge in [-0.05, 0) is 24.5 Å². The number of phenols is 1. The number of hydrogen-bond acceptors (Lipinski definition) is 5. The molecule has 78 valence electrons. The quantitative estimate of drug-likeness (QED) is 0.763. The van der Waals surface area contributed by atoms with Crippen molar-refractivity contribution in [1.82, 2.24) is 5.16 Å². The second kappa shape index (κ2) is 3.86. The molecule has 1 aromatic carbocycles. The van der Waals surface area contributed by atoms with E-state index in [1.807, 2.05) is 18.4 Å². The summed E-state index contributed by atoms with van der Waals surface area (Å²) in [5, 5.41) is 13.3. The van der Waals surface area contributed by atoms with Crippen molar-refractivity contribution in [3.8, 4) is 16.9 Å². The highest BCUT2D eigenvalue weighted by Gasteiger charge is 2.11. The molecule has 0 spiro atoms. The fourth-order valence-corrected chi connectivity index (χ4v) is 1.75. The van der Waals surface area contributed by atoms with Gasteiger partial charge in [0.25, 0.3) is 0 Å². The molecule has 0 unspecified atom stereocenters. The number of nitrogens with two attached hydrogens (primary N) is 1. The molecule has 1 aromatic heterocycles. The van der Waals surface area contributed by atoms with Crippen molar-refractivity contribution in [2.75, 3.05) is 12.0 Å². The van der Waals surface area contributed by atoms with Crippen LogP contribution in [0.4, 0.5) is 5.88 Å². The van der Waals surface area contributed by atoms with Crippen LogP contribution in [0.25, 0.3) is 11.1 Å². The van der Waals surface area contributed by atoms with Crippen LogP contribution < -0.4 is 5.73 Å². The van der Waals surface area contributed by atoms with Gasteiger partial charge in [0.05, 0.1) is 11.8 Å². The molecule has 2 rings (SSSR count). The monoisotopic (exact) mass is 222 g/mol. The van der Waals surface area contributed by atoms with E-state index in [0.717, 1.165) is 4.90 Å². The van der Waals surface area contributed by atoms with Crippen LogP contribution >= 0.6 is 11.8 Å². The van der Waals surface area contributed by atoms with Gasteiger partial charge in [-0.15, -0.1) is 11.8 Å². The first-order chi connectivity index (χ1) is 7.22. The van der Waals surface area contributed by atoms with Crippen LogP contribution in [0, 0.1) is 0 Å². The van der Waals surface area contributed by atoms with Crippen molar-refractivity contribution < 1.29 is 9.63 Å². The Kier molecular flexibility index (Phi) is 2.55. The minimum atomic E-state index is 0.169. The Balaban J connectivity index is 2.56. The van der Waals surface area contributed by atoms with Crippen LogP contribution in [0.2, 0.25) is 0 Å². The number of phenolic OH excluding ortho intramolecular Hbond substituents is 1. The lowest BCUT2D eigenvalue weighted by molar-refractivity contribution is 0.436. The number of aromatic hydroxyl groups is 1. The predicted octanol–water partition coefficient (Wildman–Crippen LogP) is 2.35. The molecule has 5 heteroatoms. The van der Waals surface area contributed by atoms with Gasteiger partial charge in [-0.3, -0.25) is 0 Å². The highest BCUT2D eigenvalue weighted by molar-refractivity contribution is 7.98. The molecular formula is C10H10N2O2S. The summed E-state index contributed by atoms with van der Waals surface area (Å²) < 4.78 is 4.76. The smallest absolute Gasteiger partial charge is 0.230 e. The highest BCUT2D eigenvalue weighted by Crippen LogP contribution is 2.35. The van der Waals surface area contributed by atoms with Crippen molar-refractivity contribution in [3.63, 3.8) is 0 Å². The number of rotatable bonds is 2. The van der Waals surface area contributed by atoms with Gasteiger partial charge in [-0.2, -0.15) is 0 Å². The maximum absolute atomic E-state index is 9.69. The van der Waals surface area contributed by atoms with Crippen molar-refractivity contribution in [1.29, 1.82) is 0 Å². The van der Waals surface area contributed by atoms with Crippen LogP contribution in [0.5, 0.6) is 5.75 Å². The van der Waals surface area contributed by atoms with E-state index in [4.69, 9.17) is 10.3 Å². The summed E-state index contributed by atoms with van der Waals surface area (Å²) >= 11 is 1.59. The summed E-state index contributed by atoms with van der Waals surface area (Å²) in [5.41, 5.74) is 6.84. The Hall–Kier alpha value is -1.62. The third-order valence-corrected chi connectivity index (χ3v) is 2.82. The Morgan fingerprint density at radius 2 is 2.20 bits per heavy atom. The molecule has 0 bridgehead atoms. The predicted molar refractivity (Wildman–Crippen MR) is 59.8 cm³/mol. The van der Waals surface area contributed by atoms with Crippen molar-refractivity contribution in [2.45, 2.75) is 4.90 Å². The van der Waals surface area contributed by atoms with Gasteiger partial charge in [0, 0.05) is 10.5 Å². The zero-order valence-electron chi connectivity index (χ0n) is 8.10. The van der Waals surface area contributed by atoms with Crippen molar-refractivity contribution >= 4 is 17.6 Å². The van der Waals surface area contributed by atoms with Crippen LogP contribution in [-0.2, 0) is 0 Å². The van der Waals surface area contributed by atoms with Gasteiger partial charge in [0.15, 0.2) is 0 Å². The van der Waals surface area contributed by atoms with E-state index in [-0.39, 0.29) is 11.6 Å². The second-order valence-electron chi connectivity index (χ2n) is 2.99. The molecule has 0 aliphatic heterocycles. The van der Waals surface area contributed by atoms with Crippen LogP contribution in [0.3, 0.4) is 0 Å². The number of anilines is 1. The van der Waals surface area contributed by atoms with E-state index < -0.39 is 0 Å². The molecule has 0 amide bonds. The number of nitrogen functional groups attached to an aromatic ring is 1. The van der Waals surface area contributed by atoms with Crippen LogP contribution in [-0.4, -0.2) is 16.5 Å². The Bertz CT molecular complexity index is 482. The van der Waals surface area contributed by atoms with Gasteiger partial charge < -0.3 is 15.4 Å². The van der Waals surface area contributed by atoms with E-state index in [1.54, 1.807) is 17.8 Å². The SMILES string of the molecule is CSc1ccc(O)c(-c2cnoc2N)c1. The first kappa shape index (κ1) is 9.92. The van der Waals surface area contributed by atoms with Crippen molar-refractivity contribution in [3.05, 3.63) is 24.4 Å². The van der Waals surface area contributed by atoms with Gasteiger partial charge in [-0.1, -0.05) is 5.16 Å². The summed E-state index contributed by atoms with van der Waals surface area (Å²) in [6, 6.07) is 5.32. The summed E-state index contributed by atoms with van der Waals surface area (Å²) in [7, 11) is 0.